The summed E-state index contributed by atoms with van der Waals surface area (Å²) < 4.78 is 0. The number of nitrogens with zero attached hydrogens (tertiary/aromatic N) is 2. The average Bonchev–Trinajstić information content (AvgIpc) is 2.37. The number of non-ortho nitro benzene ring substituents is 1. The second kappa shape index (κ2) is 3.53. The monoisotopic (exact) mass is 203 g/mol. The summed E-state index contributed by atoms with van der Waals surface area (Å²) in [5, 5.41) is 10.6. The van der Waals surface area contributed by atoms with Gasteiger partial charge in [-0.1, -0.05) is 0 Å². The summed E-state index contributed by atoms with van der Waals surface area (Å²) in [5.74, 6) is 0.463. The third-order valence-corrected chi connectivity index (χ3v) is 2.20. The number of nitro groups is 1. The highest BCUT2D eigenvalue weighted by molar-refractivity contribution is 5.86. The Hall–Kier alpha value is -2.17. The number of hydrogen-bond acceptors (Lipinski definition) is 4. The molecule has 1 aliphatic heterocycles. The van der Waals surface area contributed by atoms with Crippen molar-refractivity contribution in [1.82, 2.24) is 0 Å². The fraction of sp³-hybridized carbons (Fsp3) is 0.100. The molecule has 0 fully saturated rings. The number of rotatable bonds is 1. The van der Waals surface area contributed by atoms with Gasteiger partial charge in [-0.25, -0.2) is 4.99 Å². The smallest absolute Gasteiger partial charge is 0.269 e. The molecule has 0 unspecified atom stereocenters. The van der Waals surface area contributed by atoms with Gasteiger partial charge in [0, 0.05) is 24.8 Å². The van der Waals surface area contributed by atoms with Gasteiger partial charge in [0.05, 0.1) is 4.92 Å². The Kier molecular flexibility index (Phi) is 2.21. The minimum atomic E-state index is -0.414. The van der Waals surface area contributed by atoms with Crippen LogP contribution in [0.1, 0.15) is 11.1 Å². The molecule has 0 bridgehead atoms. The van der Waals surface area contributed by atoms with Crippen LogP contribution in [0.5, 0.6) is 0 Å². The van der Waals surface area contributed by atoms with Crippen LogP contribution in [0.15, 0.2) is 29.4 Å². The fourth-order valence-corrected chi connectivity index (χ4v) is 1.48. The van der Waals surface area contributed by atoms with Gasteiger partial charge in [-0.3, -0.25) is 10.1 Å². The molecule has 0 aromatic heterocycles. The third kappa shape index (κ3) is 1.85. The van der Waals surface area contributed by atoms with Gasteiger partial charge < -0.3 is 5.73 Å². The van der Waals surface area contributed by atoms with Gasteiger partial charge in [0.15, 0.2) is 0 Å². The van der Waals surface area contributed by atoms with E-state index in [0.29, 0.717) is 12.3 Å². The summed E-state index contributed by atoms with van der Waals surface area (Å²) in [6, 6.07) is 4.72. The van der Waals surface area contributed by atoms with E-state index < -0.39 is 4.92 Å². The van der Waals surface area contributed by atoms with E-state index in [1.54, 1.807) is 18.3 Å². The fourth-order valence-electron chi connectivity index (χ4n) is 1.48. The molecule has 1 aromatic rings. The van der Waals surface area contributed by atoms with E-state index in [2.05, 4.69) is 4.99 Å². The Balaban J connectivity index is 2.49. The molecule has 1 aliphatic rings. The summed E-state index contributed by atoms with van der Waals surface area (Å²) in [4.78, 5) is 14.1. The van der Waals surface area contributed by atoms with Crippen molar-refractivity contribution in [1.29, 1.82) is 0 Å². The maximum atomic E-state index is 10.6. The lowest BCUT2D eigenvalue weighted by atomic mass is 10.0. The van der Waals surface area contributed by atoms with Gasteiger partial charge in [0.1, 0.15) is 5.84 Å². The van der Waals surface area contributed by atoms with Crippen LogP contribution in [0.25, 0.3) is 6.08 Å². The molecule has 0 aliphatic carbocycles. The van der Waals surface area contributed by atoms with E-state index in [1.807, 2.05) is 0 Å². The predicted molar refractivity (Wildman–Crippen MR) is 57.5 cm³/mol. The zero-order chi connectivity index (χ0) is 10.8. The molecule has 2 rings (SSSR count). The first kappa shape index (κ1) is 9.39. The van der Waals surface area contributed by atoms with Crippen molar-refractivity contribution in [2.75, 3.05) is 0 Å². The first-order valence-corrected chi connectivity index (χ1v) is 4.43. The summed E-state index contributed by atoms with van der Waals surface area (Å²) in [6.07, 6.45) is 3.84. The highest BCUT2D eigenvalue weighted by Crippen LogP contribution is 2.21. The molecule has 5 heteroatoms. The Morgan fingerprint density at radius 2 is 2.27 bits per heavy atom. The topological polar surface area (TPSA) is 81.5 Å². The maximum Gasteiger partial charge on any atom is 0.269 e. The molecular formula is C10H9N3O2. The van der Waals surface area contributed by atoms with Gasteiger partial charge in [0.25, 0.3) is 5.69 Å². The van der Waals surface area contributed by atoms with Crippen LogP contribution in [0.2, 0.25) is 0 Å². The lowest BCUT2D eigenvalue weighted by Gasteiger charge is -2.02. The van der Waals surface area contributed by atoms with Crippen LogP contribution >= 0.6 is 0 Å². The van der Waals surface area contributed by atoms with Crippen LogP contribution in [0.3, 0.4) is 0 Å². The maximum absolute atomic E-state index is 10.6. The molecule has 15 heavy (non-hydrogen) atoms. The first-order valence-electron chi connectivity index (χ1n) is 4.43. The summed E-state index contributed by atoms with van der Waals surface area (Å²) in [5.41, 5.74) is 7.44. The molecule has 76 valence electrons. The average molecular weight is 203 g/mol. The van der Waals surface area contributed by atoms with Gasteiger partial charge in [0.2, 0.25) is 0 Å². The predicted octanol–water partition coefficient (Wildman–Crippen LogP) is 1.48. The Morgan fingerprint density at radius 3 is 3.00 bits per heavy atom. The number of nitrogens with two attached hydrogens (primary N) is 1. The molecule has 0 saturated heterocycles. The lowest BCUT2D eigenvalue weighted by molar-refractivity contribution is -0.384. The first-order chi connectivity index (χ1) is 7.16. The van der Waals surface area contributed by atoms with Crippen molar-refractivity contribution in [3.8, 4) is 0 Å². The van der Waals surface area contributed by atoms with Crippen LogP contribution < -0.4 is 5.73 Å². The van der Waals surface area contributed by atoms with Crippen LogP contribution in [-0.4, -0.2) is 10.8 Å². The second-order valence-electron chi connectivity index (χ2n) is 3.25. The van der Waals surface area contributed by atoms with E-state index in [9.17, 15) is 10.1 Å². The Labute approximate surface area is 86.1 Å². The van der Waals surface area contributed by atoms with Crippen molar-refractivity contribution in [3.05, 3.63) is 45.6 Å². The quantitative estimate of drug-likeness (QED) is 0.554. The van der Waals surface area contributed by atoms with E-state index in [-0.39, 0.29) is 5.69 Å². The van der Waals surface area contributed by atoms with Crippen molar-refractivity contribution in [2.45, 2.75) is 6.42 Å². The molecule has 5 nitrogen and oxygen atoms in total. The zero-order valence-electron chi connectivity index (χ0n) is 7.88. The van der Waals surface area contributed by atoms with E-state index >= 15 is 0 Å². The molecule has 0 saturated carbocycles. The molecule has 2 N–H and O–H groups in total. The standard InChI is InChI=1S/C10H9N3O2/c11-10-6-8-5-9(13(14)15)2-1-7(8)3-4-12-10/h1-5H,6H2,(H2,11,12). The highest BCUT2D eigenvalue weighted by atomic mass is 16.6. The molecule has 0 radical (unpaired) electrons. The number of hydrogen-bond donors (Lipinski definition) is 1. The second-order valence-corrected chi connectivity index (χ2v) is 3.25. The third-order valence-electron chi connectivity index (χ3n) is 2.20. The van der Waals surface area contributed by atoms with Crippen molar-refractivity contribution in [2.24, 2.45) is 10.7 Å². The number of aliphatic imine (C=N–C) groups is 1. The number of amidine groups is 1. The van der Waals surface area contributed by atoms with Crippen molar-refractivity contribution >= 4 is 17.6 Å². The molecule has 0 atom stereocenters. The zero-order valence-corrected chi connectivity index (χ0v) is 7.88. The van der Waals surface area contributed by atoms with Gasteiger partial charge in [-0.2, -0.15) is 0 Å². The summed E-state index contributed by atoms with van der Waals surface area (Å²) in [6.45, 7) is 0. The number of benzene rings is 1. The van der Waals surface area contributed by atoms with Gasteiger partial charge >= 0.3 is 0 Å². The SMILES string of the molecule is NC1=NC=Cc2ccc([N+](=O)[O-])cc2C1. The van der Waals surface area contributed by atoms with Crippen LogP contribution in [-0.2, 0) is 6.42 Å². The number of nitro benzene ring substituents is 1. The van der Waals surface area contributed by atoms with Gasteiger partial charge in [-0.05, 0) is 23.3 Å². The molecule has 0 amide bonds. The Morgan fingerprint density at radius 1 is 1.47 bits per heavy atom. The molecule has 1 heterocycles. The van der Waals surface area contributed by atoms with E-state index in [0.717, 1.165) is 11.1 Å². The highest BCUT2D eigenvalue weighted by Gasteiger charge is 2.11. The Bertz CT molecular complexity index is 478. The number of fused-ring (bicyclic) bond motifs is 1. The van der Waals surface area contributed by atoms with Crippen LogP contribution in [0.4, 0.5) is 5.69 Å². The van der Waals surface area contributed by atoms with Gasteiger partial charge in [-0.15, -0.1) is 0 Å². The molecular weight excluding hydrogens is 194 g/mol. The lowest BCUT2D eigenvalue weighted by Crippen LogP contribution is -2.14. The van der Waals surface area contributed by atoms with Crippen molar-refractivity contribution in [3.63, 3.8) is 0 Å². The largest absolute Gasteiger partial charge is 0.387 e. The minimum Gasteiger partial charge on any atom is -0.387 e. The van der Waals surface area contributed by atoms with Crippen LogP contribution in [0, 0.1) is 10.1 Å². The molecule has 0 spiro atoms. The molecule has 1 aromatic carbocycles. The van der Waals surface area contributed by atoms with E-state index in [4.69, 9.17) is 5.73 Å². The summed E-state index contributed by atoms with van der Waals surface area (Å²) >= 11 is 0. The normalized spacial score (nSPS) is 14.0. The summed E-state index contributed by atoms with van der Waals surface area (Å²) in [7, 11) is 0. The van der Waals surface area contributed by atoms with Crippen molar-refractivity contribution < 1.29 is 4.92 Å². The minimum absolute atomic E-state index is 0.0804. The van der Waals surface area contributed by atoms with E-state index in [1.165, 1.54) is 12.1 Å².